The molecule has 1 aromatic rings. The van der Waals surface area contributed by atoms with Crippen LogP contribution in [0.5, 0.6) is 5.75 Å². The van der Waals surface area contributed by atoms with E-state index in [4.69, 9.17) is 10.00 Å². The molecule has 1 amide bonds. The van der Waals surface area contributed by atoms with E-state index in [9.17, 15) is 9.18 Å². The average molecular weight is 343 g/mol. The standard InChI is InChI=1S/C19H22FN3O2/c1-22-10-15(19(24)23-6-4-12(9-21)5-7-23)16-11-25-17-3-2-13(20)8-14(17)18(16)22/h2-3,8,12,15-16,18H,4-7,10-11H2,1H3/t15-,16+,18+/m1/s1. The first kappa shape index (κ1) is 16.3. The van der Waals surface area contributed by atoms with Gasteiger partial charge in [-0.05, 0) is 38.1 Å². The largest absolute Gasteiger partial charge is 0.493 e. The number of ether oxygens (including phenoxy) is 1. The molecule has 5 nitrogen and oxygen atoms in total. The normalized spacial score (nSPS) is 29.5. The van der Waals surface area contributed by atoms with Gasteiger partial charge in [0, 0.05) is 43.1 Å². The lowest BCUT2D eigenvalue weighted by Gasteiger charge is -2.35. The SMILES string of the molecule is CN1C[C@@H](C(=O)N2CCC(C#N)CC2)[C@@H]2COc3ccc(F)cc3[C@@H]21. The molecule has 3 atom stereocenters. The van der Waals surface area contributed by atoms with Crippen molar-refractivity contribution in [3.63, 3.8) is 0 Å². The van der Waals surface area contributed by atoms with E-state index < -0.39 is 0 Å². The van der Waals surface area contributed by atoms with Gasteiger partial charge in [-0.3, -0.25) is 9.69 Å². The Bertz CT molecular complexity index is 724. The molecule has 0 spiro atoms. The molecule has 3 heterocycles. The number of hydrogen-bond acceptors (Lipinski definition) is 4. The number of likely N-dealkylation sites (tertiary alicyclic amines) is 2. The lowest BCUT2D eigenvalue weighted by Crippen LogP contribution is -2.44. The molecule has 0 saturated carbocycles. The van der Waals surface area contributed by atoms with Gasteiger partial charge in [-0.25, -0.2) is 4.39 Å². The maximum Gasteiger partial charge on any atom is 0.227 e. The van der Waals surface area contributed by atoms with E-state index in [2.05, 4.69) is 11.0 Å². The summed E-state index contributed by atoms with van der Waals surface area (Å²) in [6.45, 7) is 2.45. The van der Waals surface area contributed by atoms with E-state index in [1.165, 1.54) is 12.1 Å². The number of piperidine rings is 1. The van der Waals surface area contributed by atoms with Gasteiger partial charge in [-0.15, -0.1) is 0 Å². The molecule has 2 fully saturated rings. The van der Waals surface area contributed by atoms with Crippen LogP contribution in [-0.4, -0.2) is 49.0 Å². The lowest BCUT2D eigenvalue weighted by molar-refractivity contribution is -0.138. The van der Waals surface area contributed by atoms with Crippen LogP contribution in [0.4, 0.5) is 4.39 Å². The molecule has 3 aliphatic heterocycles. The Kier molecular flexibility index (Phi) is 4.12. The average Bonchev–Trinajstić information content (AvgIpc) is 2.98. The third-order valence-corrected chi connectivity index (χ3v) is 5.91. The molecule has 3 aliphatic rings. The van der Waals surface area contributed by atoms with Crippen molar-refractivity contribution in [2.45, 2.75) is 18.9 Å². The van der Waals surface area contributed by atoms with Gasteiger partial charge in [0.15, 0.2) is 0 Å². The zero-order valence-electron chi connectivity index (χ0n) is 14.3. The second kappa shape index (κ2) is 6.30. The summed E-state index contributed by atoms with van der Waals surface area (Å²) in [5.41, 5.74) is 0.845. The molecule has 1 aromatic carbocycles. The fraction of sp³-hybridized carbons (Fsp3) is 0.579. The van der Waals surface area contributed by atoms with Crippen molar-refractivity contribution in [1.29, 1.82) is 5.26 Å². The third-order valence-electron chi connectivity index (χ3n) is 5.91. The number of hydrogen-bond donors (Lipinski definition) is 0. The van der Waals surface area contributed by atoms with Crippen LogP contribution < -0.4 is 4.74 Å². The first-order valence-electron chi connectivity index (χ1n) is 8.89. The number of halogens is 1. The third kappa shape index (κ3) is 2.77. The summed E-state index contributed by atoms with van der Waals surface area (Å²) in [5, 5.41) is 9.02. The monoisotopic (exact) mass is 343 g/mol. The minimum absolute atomic E-state index is 0.0186. The molecule has 132 valence electrons. The molecule has 0 aliphatic carbocycles. The molecule has 0 unspecified atom stereocenters. The summed E-state index contributed by atoms with van der Waals surface area (Å²) in [5.74, 6) is 0.572. The van der Waals surface area contributed by atoms with Gasteiger partial charge in [-0.2, -0.15) is 5.26 Å². The lowest BCUT2D eigenvalue weighted by atomic mass is 9.84. The molecule has 0 radical (unpaired) electrons. The summed E-state index contributed by atoms with van der Waals surface area (Å²) < 4.78 is 19.6. The van der Waals surface area contributed by atoms with Crippen LogP contribution in [0.1, 0.15) is 24.4 Å². The van der Waals surface area contributed by atoms with Crippen LogP contribution in [0.25, 0.3) is 0 Å². The smallest absolute Gasteiger partial charge is 0.227 e. The number of amides is 1. The molecular weight excluding hydrogens is 321 g/mol. The van der Waals surface area contributed by atoms with E-state index >= 15 is 0 Å². The predicted octanol–water partition coefficient (Wildman–Crippen LogP) is 2.20. The van der Waals surface area contributed by atoms with Gasteiger partial charge in [0.05, 0.1) is 18.6 Å². The van der Waals surface area contributed by atoms with Crippen LogP contribution in [0, 0.1) is 34.9 Å². The van der Waals surface area contributed by atoms with Crippen LogP contribution in [0.15, 0.2) is 18.2 Å². The summed E-state index contributed by atoms with van der Waals surface area (Å²) >= 11 is 0. The number of carbonyl (C=O) groups is 1. The zero-order chi connectivity index (χ0) is 17.6. The molecule has 6 heteroatoms. The number of nitrogens with zero attached hydrogens (tertiary/aromatic N) is 3. The Hall–Kier alpha value is -2.13. The van der Waals surface area contributed by atoms with Crippen LogP contribution in [-0.2, 0) is 4.79 Å². The first-order chi connectivity index (χ1) is 12.1. The highest BCUT2D eigenvalue weighted by Crippen LogP contribution is 2.47. The summed E-state index contributed by atoms with van der Waals surface area (Å²) in [4.78, 5) is 17.1. The number of carbonyl (C=O) groups excluding carboxylic acids is 1. The molecule has 25 heavy (non-hydrogen) atoms. The number of rotatable bonds is 1. The number of benzene rings is 1. The van der Waals surface area contributed by atoms with Crippen molar-refractivity contribution < 1.29 is 13.9 Å². The van der Waals surface area contributed by atoms with Crippen molar-refractivity contribution in [2.24, 2.45) is 17.8 Å². The minimum atomic E-state index is -0.273. The molecule has 0 aromatic heterocycles. The van der Waals surface area contributed by atoms with E-state index in [1.54, 1.807) is 6.07 Å². The molecule has 4 rings (SSSR count). The van der Waals surface area contributed by atoms with Gasteiger partial charge in [-0.1, -0.05) is 0 Å². The highest BCUT2D eigenvalue weighted by atomic mass is 19.1. The van der Waals surface area contributed by atoms with E-state index in [0.717, 1.165) is 24.2 Å². The highest BCUT2D eigenvalue weighted by Gasteiger charge is 2.49. The van der Waals surface area contributed by atoms with Crippen molar-refractivity contribution in [1.82, 2.24) is 9.80 Å². The van der Waals surface area contributed by atoms with Gasteiger partial charge in [0.2, 0.25) is 5.91 Å². The Labute approximate surface area is 147 Å². The summed E-state index contributed by atoms with van der Waals surface area (Å²) in [6.07, 6.45) is 1.51. The molecule has 2 saturated heterocycles. The van der Waals surface area contributed by atoms with Crippen molar-refractivity contribution >= 4 is 5.91 Å². The Balaban J connectivity index is 1.54. The Morgan fingerprint density at radius 2 is 2.12 bits per heavy atom. The van der Waals surface area contributed by atoms with E-state index in [-0.39, 0.29) is 35.5 Å². The van der Waals surface area contributed by atoms with Crippen LogP contribution in [0.2, 0.25) is 0 Å². The van der Waals surface area contributed by atoms with Gasteiger partial charge in [0.1, 0.15) is 11.6 Å². The summed E-state index contributed by atoms with van der Waals surface area (Å²) in [6, 6.07) is 6.94. The highest BCUT2D eigenvalue weighted by molar-refractivity contribution is 5.80. The maximum atomic E-state index is 13.7. The fourth-order valence-electron chi connectivity index (χ4n) is 4.57. The minimum Gasteiger partial charge on any atom is -0.493 e. The Morgan fingerprint density at radius 1 is 1.36 bits per heavy atom. The van der Waals surface area contributed by atoms with Gasteiger partial charge in [0.25, 0.3) is 0 Å². The van der Waals surface area contributed by atoms with Gasteiger partial charge >= 0.3 is 0 Å². The molecule has 0 N–H and O–H groups in total. The molecule has 0 bridgehead atoms. The van der Waals surface area contributed by atoms with E-state index in [0.29, 0.717) is 26.2 Å². The zero-order valence-corrected chi connectivity index (χ0v) is 14.3. The van der Waals surface area contributed by atoms with Crippen molar-refractivity contribution in [3.8, 4) is 11.8 Å². The van der Waals surface area contributed by atoms with Crippen LogP contribution in [0.3, 0.4) is 0 Å². The van der Waals surface area contributed by atoms with Gasteiger partial charge < -0.3 is 9.64 Å². The Morgan fingerprint density at radius 3 is 2.84 bits per heavy atom. The first-order valence-corrected chi connectivity index (χ1v) is 8.89. The summed E-state index contributed by atoms with van der Waals surface area (Å²) in [7, 11) is 1.99. The number of fused-ring (bicyclic) bond motifs is 3. The van der Waals surface area contributed by atoms with Crippen LogP contribution >= 0.6 is 0 Å². The predicted molar refractivity (Wildman–Crippen MR) is 89.2 cm³/mol. The quantitative estimate of drug-likeness (QED) is 0.784. The molecular formula is C19H22FN3O2. The van der Waals surface area contributed by atoms with Crippen molar-refractivity contribution in [3.05, 3.63) is 29.6 Å². The second-order valence-corrected chi connectivity index (χ2v) is 7.38. The fourth-order valence-corrected chi connectivity index (χ4v) is 4.57. The number of nitriles is 1. The van der Waals surface area contributed by atoms with Crippen molar-refractivity contribution in [2.75, 3.05) is 33.3 Å². The maximum absolute atomic E-state index is 13.7. The topological polar surface area (TPSA) is 56.6 Å². The second-order valence-electron chi connectivity index (χ2n) is 7.38. The van der Waals surface area contributed by atoms with E-state index in [1.807, 2.05) is 11.9 Å².